The van der Waals surface area contributed by atoms with Gasteiger partial charge in [0.25, 0.3) is 0 Å². The average molecular weight is 297 g/mol. The van der Waals surface area contributed by atoms with Crippen LogP contribution in [0.5, 0.6) is 0 Å². The Morgan fingerprint density at radius 2 is 2.18 bits per heavy atom. The number of hydrogen-bond donors (Lipinski definition) is 2. The average Bonchev–Trinajstić information content (AvgIpc) is 2.22. The third-order valence-corrected chi connectivity index (χ3v) is 3.91. The molecule has 0 radical (unpaired) electrons. The molecule has 1 unspecified atom stereocenters. The third-order valence-electron chi connectivity index (χ3n) is 3.41. The predicted octanol–water partition coefficient (Wildman–Crippen LogP) is 3.70. The molecule has 1 aliphatic rings. The zero-order chi connectivity index (χ0) is 12.5. The van der Waals surface area contributed by atoms with Gasteiger partial charge in [-0.1, -0.05) is 22.0 Å². The first-order chi connectivity index (χ1) is 7.96. The zero-order valence-electron chi connectivity index (χ0n) is 10.8. The van der Waals surface area contributed by atoms with Crippen LogP contribution in [0.2, 0.25) is 0 Å². The Bertz CT molecular complexity index is 401. The van der Waals surface area contributed by atoms with E-state index in [9.17, 15) is 0 Å². The Labute approximate surface area is 112 Å². The standard InChI is InChI=1S/C14H21BrN2/c1-10-4-5-11(15)8-13(10)17-12-6-7-16-14(2,3)9-12/h4-5,8,12,16-17H,6-7,9H2,1-3H3. The van der Waals surface area contributed by atoms with Gasteiger partial charge in [0, 0.05) is 21.7 Å². The van der Waals surface area contributed by atoms with E-state index in [1.807, 2.05) is 0 Å². The van der Waals surface area contributed by atoms with Gasteiger partial charge in [-0.3, -0.25) is 0 Å². The molecular formula is C14H21BrN2. The highest BCUT2D eigenvalue weighted by Gasteiger charge is 2.27. The maximum Gasteiger partial charge on any atom is 0.0383 e. The fourth-order valence-electron chi connectivity index (χ4n) is 2.47. The summed E-state index contributed by atoms with van der Waals surface area (Å²) in [6.07, 6.45) is 2.36. The largest absolute Gasteiger partial charge is 0.382 e. The van der Waals surface area contributed by atoms with Crippen molar-refractivity contribution in [3.05, 3.63) is 28.2 Å². The van der Waals surface area contributed by atoms with Crippen molar-refractivity contribution in [2.75, 3.05) is 11.9 Å². The molecule has 1 fully saturated rings. The van der Waals surface area contributed by atoms with E-state index in [4.69, 9.17) is 0 Å². The Kier molecular flexibility index (Phi) is 3.79. The van der Waals surface area contributed by atoms with E-state index in [-0.39, 0.29) is 5.54 Å². The van der Waals surface area contributed by atoms with Gasteiger partial charge in [-0.05, 0) is 57.9 Å². The molecule has 2 rings (SSSR count). The van der Waals surface area contributed by atoms with Crippen LogP contribution in [0.3, 0.4) is 0 Å². The Balaban J connectivity index is 2.07. The molecule has 1 heterocycles. The highest BCUT2D eigenvalue weighted by Crippen LogP contribution is 2.25. The lowest BCUT2D eigenvalue weighted by atomic mass is 9.89. The second kappa shape index (κ2) is 4.99. The molecule has 0 bridgehead atoms. The molecule has 0 spiro atoms. The number of aryl methyl sites for hydroxylation is 1. The van der Waals surface area contributed by atoms with Crippen molar-refractivity contribution in [2.24, 2.45) is 0 Å². The minimum Gasteiger partial charge on any atom is -0.382 e. The van der Waals surface area contributed by atoms with Crippen molar-refractivity contribution in [3.63, 3.8) is 0 Å². The van der Waals surface area contributed by atoms with Gasteiger partial charge in [-0.15, -0.1) is 0 Å². The number of benzene rings is 1. The molecule has 1 atom stereocenters. The monoisotopic (exact) mass is 296 g/mol. The van der Waals surface area contributed by atoms with Crippen LogP contribution in [0.25, 0.3) is 0 Å². The van der Waals surface area contributed by atoms with Crippen molar-refractivity contribution >= 4 is 21.6 Å². The molecular weight excluding hydrogens is 276 g/mol. The Morgan fingerprint density at radius 3 is 2.88 bits per heavy atom. The number of piperidine rings is 1. The van der Waals surface area contributed by atoms with Crippen LogP contribution >= 0.6 is 15.9 Å². The van der Waals surface area contributed by atoms with E-state index in [1.54, 1.807) is 0 Å². The highest BCUT2D eigenvalue weighted by atomic mass is 79.9. The van der Waals surface area contributed by atoms with Gasteiger partial charge >= 0.3 is 0 Å². The smallest absolute Gasteiger partial charge is 0.0383 e. The normalized spacial score (nSPS) is 23.4. The van der Waals surface area contributed by atoms with Gasteiger partial charge in [0.1, 0.15) is 0 Å². The third kappa shape index (κ3) is 3.46. The first-order valence-corrected chi connectivity index (χ1v) is 7.03. The summed E-state index contributed by atoms with van der Waals surface area (Å²) < 4.78 is 1.14. The SMILES string of the molecule is Cc1ccc(Br)cc1NC1CCNC(C)(C)C1. The fourth-order valence-corrected chi connectivity index (χ4v) is 2.83. The van der Waals surface area contributed by atoms with Gasteiger partial charge in [0.15, 0.2) is 0 Å². The number of halogens is 1. The molecule has 2 N–H and O–H groups in total. The lowest BCUT2D eigenvalue weighted by Gasteiger charge is -2.37. The van der Waals surface area contributed by atoms with E-state index in [0.29, 0.717) is 6.04 Å². The summed E-state index contributed by atoms with van der Waals surface area (Å²) in [5.41, 5.74) is 2.81. The number of anilines is 1. The van der Waals surface area contributed by atoms with Gasteiger partial charge in [0.05, 0.1) is 0 Å². The summed E-state index contributed by atoms with van der Waals surface area (Å²) in [5, 5.41) is 7.23. The lowest BCUT2D eigenvalue weighted by molar-refractivity contribution is 0.286. The summed E-state index contributed by atoms with van der Waals surface area (Å²) >= 11 is 3.53. The van der Waals surface area contributed by atoms with Gasteiger partial charge in [-0.2, -0.15) is 0 Å². The first kappa shape index (κ1) is 12.9. The summed E-state index contributed by atoms with van der Waals surface area (Å²) in [6.45, 7) is 7.79. The maximum atomic E-state index is 3.68. The van der Waals surface area contributed by atoms with Crippen LogP contribution in [-0.4, -0.2) is 18.1 Å². The van der Waals surface area contributed by atoms with Gasteiger partial charge in [0.2, 0.25) is 0 Å². The van der Waals surface area contributed by atoms with Crippen LogP contribution in [0.15, 0.2) is 22.7 Å². The second-order valence-corrected chi connectivity index (χ2v) is 6.52. The molecule has 1 saturated heterocycles. The number of rotatable bonds is 2. The van der Waals surface area contributed by atoms with Crippen molar-refractivity contribution in [2.45, 2.75) is 45.2 Å². The first-order valence-electron chi connectivity index (χ1n) is 6.24. The highest BCUT2D eigenvalue weighted by molar-refractivity contribution is 9.10. The van der Waals surface area contributed by atoms with Crippen LogP contribution in [0, 0.1) is 6.92 Å². The molecule has 3 heteroatoms. The minimum atomic E-state index is 0.246. The van der Waals surface area contributed by atoms with E-state index in [1.165, 1.54) is 24.1 Å². The van der Waals surface area contributed by atoms with Crippen molar-refractivity contribution < 1.29 is 0 Å². The van der Waals surface area contributed by atoms with Crippen LogP contribution in [-0.2, 0) is 0 Å². The molecule has 17 heavy (non-hydrogen) atoms. The van der Waals surface area contributed by atoms with Gasteiger partial charge < -0.3 is 10.6 Å². The van der Waals surface area contributed by atoms with Crippen molar-refractivity contribution in [3.8, 4) is 0 Å². The molecule has 2 nitrogen and oxygen atoms in total. The van der Waals surface area contributed by atoms with E-state index in [2.05, 4.69) is 65.5 Å². The zero-order valence-corrected chi connectivity index (χ0v) is 12.4. The van der Waals surface area contributed by atoms with Crippen molar-refractivity contribution in [1.82, 2.24) is 5.32 Å². The number of nitrogens with one attached hydrogen (secondary N) is 2. The molecule has 0 amide bonds. The van der Waals surface area contributed by atoms with E-state index < -0.39 is 0 Å². The van der Waals surface area contributed by atoms with Crippen LogP contribution in [0.4, 0.5) is 5.69 Å². The summed E-state index contributed by atoms with van der Waals surface area (Å²) in [6, 6.07) is 6.98. The summed E-state index contributed by atoms with van der Waals surface area (Å²) in [7, 11) is 0. The van der Waals surface area contributed by atoms with Crippen molar-refractivity contribution in [1.29, 1.82) is 0 Å². The Hall–Kier alpha value is -0.540. The number of hydrogen-bond acceptors (Lipinski definition) is 2. The van der Waals surface area contributed by atoms with Crippen LogP contribution in [0.1, 0.15) is 32.3 Å². The maximum absolute atomic E-state index is 3.68. The summed E-state index contributed by atoms with van der Waals surface area (Å²) in [5.74, 6) is 0. The quantitative estimate of drug-likeness (QED) is 0.869. The van der Waals surface area contributed by atoms with Crippen LogP contribution < -0.4 is 10.6 Å². The molecule has 1 aromatic carbocycles. The molecule has 0 saturated carbocycles. The van der Waals surface area contributed by atoms with E-state index in [0.717, 1.165) is 11.0 Å². The Morgan fingerprint density at radius 1 is 1.41 bits per heavy atom. The predicted molar refractivity (Wildman–Crippen MR) is 77.6 cm³/mol. The minimum absolute atomic E-state index is 0.246. The van der Waals surface area contributed by atoms with Gasteiger partial charge in [-0.25, -0.2) is 0 Å². The van der Waals surface area contributed by atoms with E-state index >= 15 is 0 Å². The molecule has 1 aliphatic heterocycles. The topological polar surface area (TPSA) is 24.1 Å². The molecule has 0 aliphatic carbocycles. The molecule has 1 aromatic rings. The second-order valence-electron chi connectivity index (χ2n) is 5.60. The summed E-state index contributed by atoms with van der Waals surface area (Å²) in [4.78, 5) is 0. The fraction of sp³-hybridized carbons (Fsp3) is 0.571. The molecule has 0 aromatic heterocycles. The lowest BCUT2D eigenvalue weighted by Crippen LogP contribution is -2.50. The molecule has 94 valence electrons.